The average molecular weight is 438 g/mol. The van der Waals surface area contributed by atoms with Crippen molar-refractivity contribution in [2.75, 3.05) is 25.4 Å². The van der Waals surface area contributed by atoms with Crippen LogP contribution in [0.15, 0.2) is 16.9 Å². The Kier molecular flexibility index (Phi) is 5.30. The van der Waals surface area contributed by atoms with Crippen molar-refractivity contribution in [2.45, 2.75) is 45.2 Å². The summed E-state index contributed by atoms with van der Waals surface area (Å²) in [6, 6.07) is 4.45. The number of anilines is 1. The molecule has 0 atom stereocenters. The molecule has 168 valence electrons. The molecule has 2 aliphatic rings. The largest absolute Gasteiger partial charge is 0.480 e. The molecule has 4 N–H and O–H groups in total. The molecule has 0 radical (unpaired) electrons. The number of ether oxygens (including phenoxy) is 1. The van der Waals surface area contributed by atoms with Crippen molar-refractivity contribution in [2.24, 2.45) is 0 Å². The molecule has 0 amide bonds. The summed E-state index contributed by atoms with van der Waals surface area (Å²) in [7, 11) is 0. The first-order valence-electron chi connectivity index (χ1n) is 10.9. The van der Waals surface area contributed by atoms with Crippen LogP contribution in [0.5, 0.6) is 6.01 Å². The van der Waals surface area contributed by atoms with Gasteiger partial charge in [-0.25, -0.2) is 4.79 Å². The topological polar surface area (TPSA) is 139 Å². The molecule has 2 aromatic heterocycles. The number of fused-ring (bicyclic) bond motifs is 5. The van der Waals surface area contributed by atoms with Crippen molar-refractivity contribution in [3.8, 4) is 6.01 Å². The number of aromatic nitrogens is 4. The Morgan fingerprint density at radius 1 is 1.16 bits per heavy atom. The summed E-state index contributed by atoms with van der Waals surface area (Å²) in [5, 5.41) is 9.20. The number of hydrogen-bond donors (Lipinski definition) is 3. The van der Waals surface area contributed by atoms with Crippen LogP contribution in [0.25, 0.3) is 11.2 Å². The third-order valence-electron chi connectivity index (χ3n) is 6.22. The highest BCUT2D eigenvalue weighted by Crippen LogP contribution is 2.27. The molecule has 0 fully saturated rings. The van der Waals surface area contributed by atoms with E-state index in [1.54, 1.807) is 4.57 Å². The zero-order valence-corrected chi connectivity index (χ0v) is 17.8. The van der Waals surface area contributed by atoms with E-state index in [1.165, 1.54) is 11.1 Å². The zero-order valence-electron chi connectivity index (χ0n) is 17.8. The van der Waals surface area contributed by atoms with Crippen LogP contribution in [-0.4, -0.2) is 55.2 Å². The third kappa shape index (κ3) is 3.93. The van der Waals surface area contributed by atoms with Gasteiger partial charge in [-0.15, -0.1) is 0 Å². The normalized spacial score (nSPS) is 17.0. The van der Waals surface area contributed by atoms with Gasteiger partial charge in [-0.05, 0) is 54.4 Å². The van der Waals surface area contributed by atoms with Crippen molar-refractivity contribution in [1.82, 2.24) is 24.4 Å². The van der Waals surface area contributed by atoms with E-state index >= 15 is 0 Å². The lowest BCUT2D eigenvalue weighted by Crippen LogP contribution is -2.35. The summed E-state index contributed by atoms with van der Waals surface area (Å²) < 4.78 is 7.25. The van der Waals surface area contributed by atoms with Gasteiger partial charge in [0.15, 0.2) is 11.5 Å². The van der Waals surface area contributed by atoms with Gasteiger partial charge in [0.25, 0.3) is 0 Å². The molecule has 1 aromatic carbocycles. The van der Waals surface area contributed by atoms with Crippen molar-refractivity contribution >= 4 is 23.0 Å². The van der Waals surface area contributed by atoms with Gasteiger partial charge in [0.2, 0.25) is 0 Å². The fourth-order valence-corrected chi connectivity index (χ4v) is 4.74. The van der Waals surface area contributed by atoms with Gasteiger partial charge >= 0.3 is 17.7 Å². The SMILES string of the molecule is Nc1nc2nc3c1[nH]c(=O)n3Cc1cc(c3c(c1)CN(CC(=O)O)CC3)CCCCCO2. The standard InChI is InChI=1S/C22H26N6O4/c23-19-18-20-26-21(25-19)32-7-3-1-2-4-14-8-13(10-28(20)22(31)24-18)9-15-11-27(12-17(29)30)6-5-16(14)15/h8-9H,1-7,10-12H2,(H,24,31)(H,29,30)(H2,23,25,26). The molecule has 10 nitrogen and oxygen atoms in total. The number of aliphatic carboxylic acids is 1. The van der Waals surface area contributed by atoms with Crippen LogP contribution in [0.3, 0.4) is 0 Å². The highest BCUT2D eigenvalue weighted by Gasteiger charge is 2.22. The number of aromatic amines is 1. The number of nitrogens with one attached hydrogen (secondary N) is 1. The Bertz CT molecular complexity index is 1250. The first-order valence-corrected chi connectivity index (χ1v) is 10.9. The molecule has 0 aliphatic carbocycles. The minimum absolute atomic E-state index is 0.0277. The molecular formula is C22H26N6O4. The quantitative estimate of drug-likeness (QED) is 0.544. The van der Waals surface area contributed by atoms with E-state index in [0.717, 1.165) is 49.8 Å². The predicted octanol–water partition coefficient (Wildman–Crippen LogP) is 1.30. The Hall–Kier alpha value is -3.40. The Morgan fingerprint density at radius 2 is 2.00 bits per heavy atom. The second kappa shape index (κ2) is 8.27. The Labute approximate surface area is 184 Å². The van der Waals surface area contributed by atoms with E-state index in [0.29, 0.717) is 30.9 Å². The number of hydrogen-bond acceptors (Lipinski definition) is 7. The summed E-state index contributed by atoms with van der Waals surface area (Å²) in [6.45, 7) is 2.18. The average Bonchev–Trinajstić information content (AvgIpc) is 3.05. The smallest absolute Gasteiger partial charge is 0.328 e. The van der Waals surface area contributed by atoms with Crippen molar-refractivity contribution in [3.05, 3.63) is 44.9 Å². The highest BCUT2D eigenvalue weighted by atomic mass is 16.5. The van der Waals surface area contributed by atoms with Gasteiger partial charge in [-0.1, -0.05) is 12.1 Å². The zero-order chi connectivity index (χ0) is 22.2. The lowest BCUT2D eigenvalue weighted by Gasteiger charge is -2.29. The number of H-pyrrole nitrogens is 1. The van der Waals surface area contributed by atoms with Crippen molar-refractivity contribution < 1.29 is 14.6 Å². The molecule has 2 aliphatic heterocycles. The van der Waals surface area contributed by atoms with E-state index < -0.39 is 5.97 Å². The van der Waals surface area contributed by atoms with Crippen LogP contribution in [0.4, 0.5) is 5.82 Å². The molecule has 0 unspecified atom stereocenters. The molecule has 10 heteroatoms. The van der Waals surface area contributed by atoms with Crippen LogP contribution in [-0.2, 0) is 30.7 Å². The van der Waals surface area contributed by atoms with Gasteiger partial charge in [0, 0.05) is 13.1 Å². The maximum absolute atomic E-state index is 12.7. The summed E-state index contributed by atoms with van der Waals surface area (Å²) in [4.78, 5) is 37.2. The molecule has 5 rings (SSSR count). The van der Waals surface area contributed by atoms with Crippen LogP contribution in [0, 0.1) is 0 Å². The fourth-order valence-electron chi connectivity index (χ4n) is 4.74. The maximum atomic E-state index is 12.7. The highest BCUT2D eigenvalue weighted by molar-refractivity contribution is 5.82. The summed E-state index contributed by atoms with van der Waals surface area (Å²) in [5.74, 6) is -0.636. The number of rotatable bonds is 2. The minimum Gasteiger partial charge on any atom is -0.480 e. The van der Waals surface area contributed by atoms with Gasteiger partial charge in [0.1, 0.15) is 5.52 Å². The predicted molar refractivity (Wildman–Crippen MR) is 118 cm³/mol. The number of carboxylic acids is 1. The molecule has 0 saturated carbocycles. The molecule has 0 spiro atoms. The lowest BCUT2D eigenvalue weighted by molar-refractivity contribution is -0.138. The van der Waals surface area contributed by atoms with Crippen LogP contribution in [0.2, 0.25) is 0 Å². The van der Waals surface area contributed by atoms with Gasteiger partial charge < -0.3 is 20.6 Å². The monoisotopic (exact) mass is 438 g/mol. The van der Waals surface area contributed by atoms with Crippen LogP contribution >= 0.6 is 0 Å². The number of nitrogens with zero attached hydrogens (tertiary/aromatic N) is 4. The first kappa shape index (κ1) is 20.5. The van der Waals surface area contributed by atoms with Gasteiger partial charge in [0.05, 0.1) is 19.7 Å². The van der Waals surface area contributed by atoms with E-state index in [-0.39, 0.29) is 24.1 Å². The number of imidazole rings is 1. The van der Waals surface area contributed by atoms with Crippen LogP contribution in [0.1, 0.15) is 41.5 Å². The lowest BCUT2D eigenvalue weighted by atomic mass is 9.89. The summed E-state index contributed by atoms with van der Waals surface area (Å²) in [6.07, 6.45) is 4.69. The molecule has 4 heterocycles. The minimum atomic E-state index is -0.820. The molecule has 0 saturated heterocycles. The van der Waals surface area contributed by atoms with Crippen LogP contribution < -0.4 is 16.2 Å². The summed E-state index contributed by atoms with van der Waals surface area (Å²) in [5.41, 5.74) is 11.3. The second-order valence-electron chi connectivity index (χ2n) is 8.51. The first-order chi connectivity index (χ1) is 15.5. The Morgan fingerprint density at radius 3 is 2.84 bits per heavy atom. The third-order valence-corrected chi connectivity index (χ3v) is 6.22. The molecule has 4 bridgehead atoms. The number of nitrogen functional groups attached to an aromatic ring is 1. The van der Waals surface area contributed by atoms with E-state index in [1.807, 2.05) is 4.90 Å². The number of carbonyl (C=O) groups is 1. The number of carboxylic acid groups (broad SMARTS) is 1. The molecule has 3 aromatic rings. The number of nitrogens with two attached hydrogens (primary N) is 1. The Balaban J connectivity index is 1.59. The maximum Gasteiger partial charge on any atom is 0.328 e. The van der Waals surface area contributed by atoms with E-state index in [2.05, 4.69) is 27.1 Å². The molecular weight excluding hydrogens is 412 g/mol. The number of benzene rings is 1. The van der Waals surface area contributed by atoms with Gasteiger partial charge in [-0.2, -0.15) is 9.97 Å². The second-order valence-corrected chi connectivity index (χ2v) is 8.51. The summed E-state index contributed by atoms with van der Waals surface area (Å²) >= 11 is 0. The van der Waals surface area contributed by atoms with Crippen molar-refractivity contribution in [3.63, 3.8) is 0 Å². The van der Waals surface area contributed by atoms with Crippen molar-refractivity contribution in [1.29, 1.82) is 0 Å². The van der Waals surface area contributed by atoms with Gasteiger partial charge in [-0.3, -0.25) is 14.3 Å². The molecule has 32 heavy (non-hydrogen) atoms. The van der Waals surface area contributed by atoms with E-state index in [4.69, 9.17) is 10.5 Å². The number of aryl methyl sites for hydroxylation is 1. The van der Waals surface area contributed by atoms with E-state index in [9.17, 15) is 14.7 Å². The fraction of sp³-hybridized carbons (Fsp3) is 0.455.